The highest BCUT2D eigenvalue weighted by atomic mass is 16.5. The molecule has 0 aliphatic heterocycles. The third-order valence-corrected chi connectivity index (χ3v) is 2.53. The number of nitrogens with one attached hydrogen (secondary N) is 1. The van der Waals surface area contributed by atoms with Crippen LogP contribution >= 0.6 is 0 Å². The molecule has 0 aliphatic carbocycles. The van der Waals surface area contributed by atoms with E-state index >= 15 is 0 Å². The molecule has 1 rings (SSSR count). The topological polar surface area (TPSA) is 21.3 Å². The molecule has 0 aliphatic rings. The molecule has 17 heavy (non-hydrogen) atoms. The van der Waals surface area contributed by atoms with E-state index in [1.54, 1.807) is 0 Å². The molecule has 0 saturated heterocycles. The minimum absolute atomic E-state index is 0.325. The van der Waals surface area contributed by atoms with Gasteiger partial charge in [-0.1, -0.05) is 31.9 Å². The van der Waals surface area contributed by atoms with E-state index < -0.39 is 0 Å². The van der Waals surface area contributed by atoms with Crippen molar-refractivity contribution in [2.24, 2.45) is 0 Å². The first-order chi connectivity index (χ1) is 8.04. The molecule has 0 saturated carbocycles. The molecule has 1 aromatic carbocycles. The predicted molar refractivity (Wildman–Crippen MR) is 72.2 cm³/mol. The van der Waals surface area contributed by atoms with Gasteiger partial charge in [-0.3, -0.25) is 0 Å². The van der Waals surface area contributed by atoms with Crippen LogP contribution in [0.4, 0.5) is 0 Å². The normalized spacial score (nSPS) is 10.4. The van der Waals surface area contributed by atoms with Gasteiger partial charge in [-0.2, -0.15) is 0 Å². The maximum atomic E-state index is 5.54. The fraction of sp³-hybridized carbons (Fsp3) is 0.467. The van der Waals surface area contributed by atoms with Crippen LogP contribution in [0.5, 0.6) is 5.75 Å². The maximum Gasteiger partial charge on any atom is 0.148 e. The van der Waals surface area contributed by atoms with Crippen LogP contribution in [-0.2, 0) is 6.54 Å². The molecule has 0 atom stereocenters. The van der Waals surface area contributed by atoms with Gasteiger partial charge in [0.05, 0.1) is 0 Å². The van der Waals surface area contributed by atoms with Gasteiger partial charge >= 0.3 is 0 Å². The zero-order valence-electron chi connectivity index (χ0n) is 11.1. The second-order valence-electron chi connectivity index (χ2n) is 4.59. The SMILES string of the molecule is C#CCOc1c(C)cc(CNC(C)C)cc1C. The summed E-state index contributed by atoms with van der Waals surface area (Å²) in [7, 11) is 0. The van der Waals surface area contributed by atoms with Crippen molar-refractivity contribution in [1.82, 2.24) is 5.32 Å². The predicted octanol–water partition coefficient (Wildman–Crippen LogP) is 2.81. The van der Waals surface area contributed by atoms with E-state index in [-0.39, 0.29) is 0 Å². The van der Waals surface area contributed by atoms with Gasteiger partial charge in [-0.25, -0.2) is 0 Å². The lowest BCUT2D eigenvalue weighted by Crippen LogP contribution is -2.21. The molecular weight excluding hydrogens is 210 g/mol. The second-order valence-corrected chi connectivity index (χ2v) is 4.59. The fourth-order valence-electron chi connectivity index (χ4n) is 1.81. The summed E-state index contributed by atoms with van der Waals surface area (Å²) >= 11 is 0. The highest BCUT2D eigenvalue weighted by molar-refractivity contribution is 5.43. The summed E-state index contributed by atoms with van der Waals surface area (Å²) in [5.74, 6) is 3.40. The first-order valence-electron chi connectivity index (χ1n) is 5.94. The Hall–Kier alpha value is -1.46. The van der Waals surface area contributed by atoms with Crippen molar-refractivity contribution in [2.45, 2.75) is 40.3 Å². The molecule has 92 valence electrons. The molecule has 0 amide bonds. The van der Waals surface area contributed by atoms with Crippen LogP contribution in [0.15, 0.2) is 12.1 Å². The molecule has 0 fully saturated rings. The lowest BCUT2D eigenvalue weighted by atomic mass is 10.1. The van der Waals surface area contributed by atoms with Crippen LogP contribution in [-0.4, -0.2) is 12.6 Å². The Labute approximate surface area is 104 Å². The van der Waals surface area contributed by atoms with Crippen molar-refractivity contribution >= 4 is 0 Å². The van der Waals surface area contributed by atoms with Crippen LogP contribution in [0.3, 0.4) is 0 Å². The Morgan fingerprint density at radius 2 is 1.88 bits per heavy atom. The summed E-state index contributed by atoms with van der Waals surface area (Å²) < 4.78 is 5.54. The molecule has 1 aromatic rings. The van der Waals surface area contributed by atoms with E-state index in [0.29, 0.717) is 12.6 Å². The lowest BCUT2D eigenvalue weighted by molar-refractivity contribution is 0.365. The van der Waals surface area contributed by atoms with Crippen LogP contribution < -0.4 is 10.1 Å². The van der Waals surface area contributed by atoms with Crippen molar-refractivity contribution in [1.29, 1.82) is 0 Å². The standard InChI is InChI=1S/C15H21NO/c1-6-7-17-15-12(4)8-14(9-13(15)5)10-16-11(2)3/h1,8-9,11,16H,7,10H2,2-5H3. The molecule has 0 heterocycles. The van der Waals surface area contributed by atoms with E-state index in [4.69, 9.17) is 11.2 Å². The molecule has 0 aromatic heterocycles. The first-order valence-corrected chi connectivity index (χ1v) is 5.94. The number of benzene rings is 1. The molecule has 2 heteroatoms. The Balaban J connectivity index is 2.82. The van der Waals surface area contributed by atoms with E-state index in [2.05, 4.69) is 51.1 Å². The van der Waals surface area contributed by atoms with Gasteiger partial charge in [-0.15, -0.1) is 6.42 Å². The summed E-state index contributed by atoms with van der Waals surface area (Å²) in [4.78, 5) is 0. The molecular formula is C15H21NO. The van der Waals surface area contributed by atoms with Gasteiger partial charge in [-0.05, 0) is 30.5 Å². The van der Waals surface area contributed by atoms with E-state index in [9.17, 15) is 0 Å². The molecule has 0 unspecified atom stereocenters. The summed E-state index contributed by atoms with van der Waals surface area (Å²) in [5, 5.41) is 3.41. The quantitative estimate of drug-likeness (QED) is 0.787. The third kappa shape index (κ3) is 4.13. The lowest BCUT2D eigenvalue weighted by Gasteiger charge is -2.14. The zero-order valence-corrected chi connectivity index (χ0v) is 11.1. The van der Waals surface area contributed by atoms with E-state index in [0.717, 1.165) is 23.4 Å². The van der Waals surface area contributed by atoms with Gasteiger partial charge in [0.25, 0.3) is 0 Å². The summed E-state index contributed by atoms with van der Waals surface area (Å²) in [6, 6.07) is 4.79. The minimum Gasteiger partial charge on any atom is -0.480 e. The fourth-order valence-corrected chi connectivity index (χ4v) is 1.81. The second kappa shape index (κ2) is 6.32. The van der Waals surface area contributed by atoms with E-state index in [1.807, 2.05) is 0 Å². The van der Waals surface area contributed by atoms with Gasteiger partial charge in [0.15, 0.2) is 0 Å². The van der Waals surface area contributed by atoms with Crippen LogP contribution in [0, 0.1) is 26.2 Å². The molecule has 0 radical (unpaired) electrons. The number of hydrogen-bond acceptors (Lipinski definition) is 2. The Morgan fingerprint density at radius 1 is 1.29 bits per heavy atom. The highest BCUT2D eigenvalue weighted by Gasteiger charge is 2.06. The zero-order chi connectivity index (χ0) is 12.8. The number of rotatable bonds is 5. The minimum atomic E-state index is 0.325. The van der Waals surface area contributed by atoms with Gasteiger partial charge in [0.2, 0.25) is 0 Å². The van der Waals surface area contributed by atoms with Crippen molar-refractivity contribution in [3.05, 3.63) is 28.8 Å². The Morgan fingerprint density at radius 3 is 2.35 bits per heavy atom. The van der Waals surface area contributed by atoms with Crippen molar-refractivity contribution in [3.8, 4) is 18.1 Å². The summed E-state index contributed by atoms with van der Waals surface area (Å²) in [5.41, 5.74) is 3.56. The average Bonchev–Trinajstić information content (AvgIpc) is 2.25. The monoisotopic (exact) mass is 231 g/mol. The van der Waals surface area contributed by atoms with Crippen molar-refractivity contribution < 1.29 is 4.74 Å². The third-order valence-electron chi connectivity index (χ3n) is 2.53. The van der Waals surface area contributed by atoms with Crippen LogP contribution in [0.25, 0.3) is 0 Å². The molecule has 0 bridgehead atoms. The average molecular weight is 231 g/mol. The number of hydrogen-bond donors (Lipinski definition) is 1. The number of terminal acetylenes is 1. The first kappa shape index (κ1) is 13.6. The smallest absolute Gasteiger partial charge is 0.148 e. The highest BCUT2D eigenvalue weighted by Crippen LogP contribution is 2.24. The Kier molecular flexibility index (Phi) is 5.06. The molecule has 1 N–H and O–H groups in total. The largest absolute Gasteiger partial charge is 0.480 e. The van der Waals surface area contributed by atoms with Crippen LogP contribution in [0.2, 0.25) is 0 Å². The van der Waals surface area contributed by atoms with Gasteiger partial charge in [0, 0.05) is 12.6 Å². The molecule has 0 spiro atoms. The number of ether oxygens (including phenoxy) is 1. The van der Waals surface area contributed by atoms with Gasteiger partial charge in [0.1, 0.15) is 12.4 Å². The maximum absolute atomic E-state index is 5.54. The van der Waals surface area contributed by atoms with Crippen LogP contribution in [0.1, 0.15) is 30.5 Å². The van der Waals surface area contributed by atoms with E-state index in [1.165, 1.54) is 5.56 Å². The van der Waals surface area contributed by atoms with Gasteiger partial charge < -0.3 is 10.1 Å². The summed E-state index contributed by atoms with van der Waals surface area (Å²) in [6.07, 6.45) is 5.20. The van der Waals surface area contributed by atoms with Crippen molar-refractivity contribution in [2.75, 3.05) is 6.61 Å². The number of aryl methyl sites for hydroxylation is 2. The van der Waals surface area contributed by atoms with Crippen molar-refractivity contribution in [3.63, 3.8) is 0 Å². The Bertz CT molecular complexity index is 392. The summed E-state index contributed by atoms with van der Waals surface area (Å²) in [6.45, 7) is 9.60. The molecule has 2 nitrogen and oxygen atoms in total.